The van der Waals surface area contributed by atoms with E-state index >= 15 is 0 Å². The predicted molar refractivity (Wildman–Crippen MR) is 69.0 cm³/mol. The highest BCUT2D eigenvalue weighted by molar-refractivity contribution is 9.10. The van der Waals surface area contributed by atoms with Gasteiger partial charge in [0.25, 0.3) is 5.91 Å². The van der Waals surface area contributed by atoms with Crippen molar-refractivity contribution < 1.29 is 14.3 Å². The van der Waals surface area contributed by atoms with Crippen molar-refractivity contribution >= 4 is 21.8 Å². The van der Waals surface area contributed by atoms with Gasteiger partial charge in [-0.25, -0.2) is 0 Å². The summed E-state index contributed by atoms with van der Waals surface area (Å²) in [6.45, 7) is 4.86. The van der Waals surface area contributed by atoms with Gasteiger partial charge in [0, 0.05) is 18.7 Å². The van der Waals surface area contributed by atoms with Gasteiger partial charge in [0.2, 0.25) is 0 Å². The zero-order valence-electron chi connectivity index (χ0n) is 10.2. The minimum Gasteiger partial charge on any atom is -0.444 e. The molecule has 17 heavy (non-hydrogen) atoms. The number of amides is 1. The van der Waals surface area contributed by atoms with E-state index in [0.29, 0.717) is 23.5 Å². The Bertz CT molecular complexity index is 376. The highest BCUT2D eigenvalue weighted by Crippen LogP contribution is 2.21. The number of hydrogen-bond acceptors (Lipinski definition) is 3. The van der Waals surface area contributed by atoms with E-state index in [1.54, 1.807) is 11.0 Å². The van der Waals surface area contributed by atoms with Crippen molar-refractivity contribution in [2.45, 2.75) is 26.7 Å². The fourth-order valence-corrected chi connectivity index (χ4v) is 2.09. The molecule has 0 aliphatic carbocycles. The van der Waals surface area contributed by atoms with Crippen LogP contribution in [0.25, 0.3) is 0 Å². The van der Waals surface area contributed by atoms with Crippen LogP contribution in [0.15, 0.2) is 15.2 Å². The molecule has 4 nitrogen and oxygen atoms in total. The Morgan fingerprint density at radius 2 is 2.24 bits per heavy atom. The van der Waals surface area contributed by atoms with Crippen LogP contribution in [0, 0.1) is 6.92 Å². The molecule has 0 fully saturated rings. The van der Waals surface area contributed by atoms with Crippen LogP contribution >= 0.6 is 15.9 Å². The van der Waals surface area contributed by atoms with Crippen LogP contribution in [0.4, 0.5) is 0 Å². The third-order valence-electron chi connectivity index (χ3n) is 2.52. The van der Waals surface area contributed by atoms with Gasteiger partial charge >= 0.3 is 0 Å². The summed E-state index contributed by atoms with van der Waals surface area (Å²) in [7, 11) is 0. The molecule has 96 valence electrons. The number of aliphatic hydroxyl groups is 1. The number of carbonyl (C=O) groups is 1. The third kappa shape index (κ3) is 3.85. The first-order valence-corrected chi connectivity index (χ1v) is 6.55. The van der Waals surface area contributed by atoms with Crippen molar-refractivity contribution in [2.24, 2.45) is 0 Å². The van der Waals surface area contributed by atoms with Crippen LogP contribution in [-0.4, -0.2) is 35.6 Å². The SMILES string of the molecule is CCCCN(CCO)C(=O)c1oc(Br)cc1C. The second-order valence-electron chi connectivity index (χ2n) is 3.93. The summed E-state index contributed by atoms with van der Waals surface area (Å²) in [5.74, 6) is 0.192. The normalized spacial score (nSPS) is 10.6. The molecule has 1 aromatic heterocycles. The molecule has 0 bridgehead atoms. The Hall–Kier alpha value is -0.810. The maximum Gasteiger partial charge on any atom is 0.289 e. The Balaban J connectivity index is 2.79. The maximum atomic E-state index is 12.2. The standard InChI is InChI=1S/C12H18BrNO3/c1-3-4-5-14(6-7-15)12(16)11-9(2)8-10(13)17-11/h8,15H,3-7H2,1-2H3. The lowest BCUT2D eigenvalue weighted by Crippen LogP contribution is -2.34. The van der Waals surface area contributed by atoms with E-state index in [4.69, 9.17) is 9.52 Å². The van der Waals surface area contributed by atoms with E-state index in [9.17, 15) is 4.79 Å². The van der Waals surface area contributed by atoms with E-state index < -0.39 is 0 Å². The van der Waals surface area contributed by atoms with Gasteiger partial charge in [-0.05, 0) is 35.3 Å². The molecule has 0 atom stereocenters. The molecular formula is C12H18BrNO3. The number of halogens is 1. The van der Waals surface area contributed by atoms with Gasteiger partial charge in [0.1, 0.15) is 0 Å². The van der Waals surface area contributed by atoms with Gasteiger partial charge in [-0.2, -0.15) is 0 Å². The van der Waals surface area contributed by atoms with E-state index in [0.717, 1.165) is 18.4 Å². The Morgan fingerprint density at radius 1 is 1.53 bits per heavy atom. The molecule has 0 unspecified atom stereocenters. The van der Waals surface area contributed by atoms with Crippen molar-refractivity contribution in [3.05, 3.63) is 22.1 Å². The number of furan rings is 1. The van der Waals surface area contributed by atoms with Crippen molar-refractivity contribution in [1.29, 1.82) is 0 Å². The number of aryl methyl sites for hydroxylation is 1. The number of carbonyl (C=O) groups excluding carboxylic acids is 1. The van der Waals surface area contributed by atoms with Crippen molar-refractivity contribution in [3.8, 4) is 0 Å². The second-order valence-corrected chi connectivity index (χ2v) is 4.71. The van der Waals surface area contributed by atoms with Crippen LogP contribution in [0.1, 0.15) is 35.9 Å². The summed E-state index contributed by atoms with van der Waals surface area (Å²) in [5, 5.41) is 8.97. The van der Waals surface area contributed by atoms with E-state index in [1.165, 1.54) is 0 Å². The number of nitrogens with zero attached hydrogens (tertiary/aromatic N) is 1. The lowest BCUT2D eigenvalue weighted by Gasteiger charge is -2.20. The molecule has 0 spiro atoms. The molecule has 1 heterocycles. The van der Waals surface area contributed by atoms with Gasteiger partial charge in [0.05, 0.1) is 6.61 Å². The molecule has 0 saturated carbocycles. The monoisotopic (exact) mass is 303 g/mol. The average molecular weight is 304 g/mol. The summed E-state index contributed by atoms with van der Waals surface area (Å²) in [6, 6.07) is 1.77. The molecule has 1 rings (SSSR count). The maximum absolute atomic E-state index is 12.2. The molecule has 0 saturated heterocycles. The molecule has 1 amide bonds. The van der Waals surface area contributed by atoms with Crippen LogP contribution in [-0.2, 0) is 0 Å². The van der Waals surface area contributed by atoms with Crippen LogP contribution in [0.3, 0.4) is 0 Å². The molecule has 0 radical (unpaired) electrons. The van der Waals surface area contributed by atoms with Gasteiger partial charge < -0.3 is 14.4 Å². The topological polar surface area (TPSA) is 53.7 Å². The molecule has 1 aromatic rings. The lowest BCUT2D eigenvalue weighted by atomic mass is 10.2. The number of aliphatic hydroxyl groups excluding tert-OH is 1. The van der Waals surface area contributed by atoms with Crippen LogP contribution < -0.4 is 0 Å². The average Bonchev–Trinajstić information content (AvgIpc) is 2.63. The summed E-state index contributed by atoms with van der Waals surface area (Å²) in [5.41, 5.74) is 0.807. The number of hydrogen-bond donors (Lipinski definition) is 1. The zero-order chi connectivity index (χ0) is 12.8. The van der Waals surface area contributed by atoms with Gasteiger partial charge in [0.15, 0.2) is 10.4 Å². The van der Waals surface area contributed by atoms with Crippen molar-refractivity contribution in [2.75, 3.05) is 19.7 Å². The summed E-state index contributed by atoms with van der Waals surface area (Å²) in [6.07, 6.45) is 1.93. The minimum absolute atomic E-state index is 0.0314. The molecule has 5 heteroatoms. The smallest absolute Gasteiger partial charge is 0.289 e. The summed E-state index contributed by atoms with van der Waals surface area (Å²) < 4.78 is 5.88. The first-order valence-electron chi connectivity index (χ1n) is 5.76. The zero-order valence-corrected chi connectivity index (χ0v) is 11.8. The largest absolute Gasteiger partial charge is 0.444 e. The molecule has 0 aromatic carbocycles. The number of rotatable bonds is 6. The molecule has 1 N–H and O–H groups in total. The second kappa shape index (κ2) is 6.81. The summed E-state index contributed by atoms with van der Waals surface area (Å²) >= 11 is 3.21. The van der Waals surface area contributed by atoms with Gasteiger partial charge in [-0.15, -0.1) is 0 Å². The predicted octanol–water partition coefficient (Wildman–Crippen LogP) is 2.59. The third-order valence-corrected chi connectivity index (χ3v) is 2.91. The van der Waals surface area contributed by atoms with E-state index in [1.807, 2.05) is 6.92 Å². The van der Waals surface area contributed by atoms with E-state index in [2.05, 4.69) is 22.9 Å². The minimum atomic E-state index is -0.157. The van der Waals surface area contributed by atoms with E-state index in [-0.39, 0.29) is 12.5 Å². The number of unbranched alkanes of at least 4 members (excludes halogenated alkanes) is 1. The van der Waals surface area contributed by atoms with Gasteiger partial charge in [-0.3, -0.25) is 4.79 Å². The Morgan fingerprint density at radius 3 is 2.71 bits per heavy atom. The molecular weight excluding hydrogens is 286 g/mol. The first kappa shape index (κ1) is 14.3. The molecule has 0 aliphatic heterocycles. The fourth-order valence-electron chi connectivity index (χ4n) is 1.58. The Kier molecular flexibility index (Phi) is 5.71. The van der Waals surface area contributed by atoms with Crippen LogP contribution in [0.5, 0.6) is 0 Å². The fraction of sp³-hybridized carbons (Fsp3) is 0.583. The van der Waals surface area contributed by atoms with Gasteiger partial charge in [-0.1, -0.05) is 13.3 Å². The van der Waals surface area contributed by atoms with Crippen molar-refractivity contribution in [1.82, 2.24) is 4.90 Å². The van der Waals surface area contributed by atoms with Crippen molar-refractivity contribution in [3.63, 3.8) is 0 Å². The first-order chi connectivity index (χ1) is 8.10. The highest BCUT2D eigenvalue weighted by Gasteiger charge is 2.20. The quantitative estimate of drug-likeness (QED) is 0.879. The lowest BCUT2D eigenvalue weighted by molar-refractivity contribution is 0.0685. The highest BCUT2D eigenvalue weighted by atomic mass is 79.9. The summed E-state index contributed by atoms with van der Waals surface area (Å²) in [4.78, 5) is 13.8. The van der Waals surface area contributed by atoms with Crippen LogP contribution in [0.2, 0.25) is 0 Å². The molecule has 0 aliphatic rings. The Labute approximate surface area is 110 Å².